The smallest absolute Gasteiger partial charge is 0.148 e. The molecule has 4 heteroatoms. The molecule has 0 bridgehead atoms. The van der Waals surface area contributed by atoms with Gasteiger partial charge in [0.05, 0.1) is 10.7 Å². The fraction of sp³-hybridized carbons (Fsp3) is 0.389. The van der Waals surface area contributed by atoms with Crippen molar-refractivity contribution in [1.82, 2.24) is 10.3 Å². The van der Waals surface area contributed by atoms with Gasteiger partial charge in [-0.2, -0.15) is 0 Å². The Morgan fingerprint density at radius 3 is 2.91 bits per heavy atom. The van der Waals surface area contributed by atoms with E-state index in [2.05, 4.69) is 41.5 Å². The maximum atomic E-state index is 5.54. The highest BCUT2D eigenvalue weighted by atomic mass is 32.1. The van der Waals surface area contributed by atoms with Crippen molar-refractivity contribution >= 4 is 11.3 Å². The predicted octanol–water partition coefficient (Wildman–Crippen LogP) is 3.61. The first-order chi connectivity index (χ1) is 10.7. The molecule has 2 rings (SSSR count). The third kappa shape index (κ3) is 4.87. The van der Waals surface area contributed by atoms with E-state index in [0.717, 1.165) is 36.5 Å². The Bertz CT molecular complexity index is 628. The molecule has 2 aromatic rings. The maximum absolute atomic E-state index is 5.54. The number of benzene rings is 1. The highest BCUT2D eigenvalue weighted by molar-refractivity contribution is 7.09. The summed E-state index contributed by atoms with van der Waals surface area (Å²) in [6, 6.07) is 7.97. The number of para-hydroxylation sites is 1. The largest absolute Gasteiger partial charge is 0.481 e. The van der Waals surface area contributed by atoms with Gasteiger partial charge in [-0.05, 0) is 6.07 Å². The van der Waals surface area contributed by atoms with Crippen LogP contribution in [-0.4, -0.2) is 18.1 Å². The molecule has 0 saturated heterocycles. The topological polar surface area (TPSA) is 34.1 Å². The summed E-state index contributed by atoms with van der Waals surface area (Å²) in [6.45, 7) is 6.31. The molecule has 1 aromatic heterocycles. The van der Waals surface area contributed by atoms with E-state index in [1.807, 2.05) is 18.2 Å². The lowest BCUT2D eigenvalue weighted by Crippen LogP contribution is -2.17. The summed E-state index contributed by atoms with van der Waals surface area (Å²) in [6.07, 6.45) is 6.18. The van der Waals surface area contributed by atoms with E-state index >= 15 is 0 Å². The molecule has 1 heterocycles. The van der Waals surface area contributed by atoms with Crippen molar-refractivity contribution in [1.29, 1.82) is 0 Å². The van der Waals surface area contributed by atoms with Crippen LogP contribution in [0.2, 0.25) is 0 Å². The van der Waals surface area contributed by atoms with Crippen LogP contribution in [0.1, 0.15) is 36.0 Å². The first-order valence-corrected chi connectivity index (χ1v) is 8.38. The highest BCUT2D eigenvalue weighted by Crippen LogP contribution is 2.19. The van der Waals surface area contributed by atoms with Crippen LogP contribution in [0.4, 0.5) is 0 Å². The number of aromatic nitrogens is 1. The normalized spacial score (nSPS) is 10.6. The van der Waals surface area contributed by atoms with Gasteiger partial charge in [-0.25, -0.2) is 4.98 Å². The van der Waals surface area contributed by atoms with Gasteiger partial charge in [-0.15, -0.1) is 17.8 Å². The highest BCUT2D eigenvalue weighted by Gasteiger charge is 2.06. The van der Waals surface area contributed by atoms with Gasteiger partial charge in [0.2, 0.25) is 0 Å². The number of rotatable bonds is 8. The van der Waals surface area contributed by atoms with E-state index in [9.17, 15) is 0 Å². The maximum Gasteiger partial charge on any atom is 0.148 e. The van der Waals surface area contributed by atoms with E-state index in [-0.39, 0.29) is 0 Å². The molecule has 0 fully saturated rings. The van der Waals surface area contributed by atoms with Crippen LogP contribution in [0, 0.1) is 12.3 Å². The van der Waals surface area contributed by atoms with Crippen LogP contribution in [0.5, 0.6) is 5.75 Å². The Morgan fingerprint density at radius 1 is 1.36 bits per heavy atom. The summed E-state index contributed by atoms with van der Waals surface area (Å²) in [5, 5.41) is 6.80. The van der Waals surface area contributed by atoms with Crippen molar-refractivity contribution in [3.8, 4) is 18.1 Å². The summed E-state index contributed by atoms with van der Waals surface area (Å²) < 4.78 is 5.54. The molecule has 0 atom stereocenters. The third-order valence-corrected chi connectivity index (χ3v) is 4.41. The summed E-state index contributed by atoms with van der Waals surface area (Å²) in [7, 11) is 0. The molecular formula is C18H22N2OS. The summed E-state index contributed by atoms with van der Waals surface area (Å²) in [5.74, 6) is 3.85. The second kappa shape index (κ2) is 8.57. The molecule has 0 unspecified atom stereocenters. The lowest BCUT2D eigenvalue weighted by molar-refractivity contribution is 0.365. The van der Waals surface area contributed by atoms with Crippen molar-refractivity contribution in [3.63, 3.8) is 0 Å². The van der Waals surface area contributed by atoms with Gasteiger partial charge in [0.25, 0.3) is 0 Å². The lowest BCUT2D eigenvalue weighted by Gasteiger charge is -2.10. The number of thiazole rings is 1. The van der Waals surface area contributed by atoms with Gasteiger partial charge in [0, 0.05) is 36.4 Å². The van der Waals surface area contributed by atoms with E-state index in [4.69, 9.17) is 11.2 Å². The Kier molecular flexibility index (Phi) is 6.45. The quantitative estimate of drug-likeness (QED) is 0.597. The zero-order valence-electron chi connectivity index (χ0n) is 13.1. The first kappa shape index (κ1) is 16.5. The number of nitrogens with one attached hydrogen (secondary N) is 1. The second-order valence-corrected chi connectivity index (χ2v) is 6.25. The molecule has 0 aliphatic carbocycles. The Balaban J connectivity index is 1.80. The predicted molar refractivity (Wildman–Crippen MR) is 92.4 cm³/mol. The third-order valence-electron chi connectivity index (χ3n) is 3.22. The van der Waals surface area contributed by atoms with Crippen LogP contribution in [0.15, 0.2) is 29.6 Å². The zero-order chi connectivity index (χ0) is 15.8. The average molecular weight is 314 g/mol. The number of nitrogens with zero attached hydrogens (tertiary/aromatic N) is 1. The Labute approximate surface area is 136 Å². The van der Waals surface area contributed by atoms with Gasteiger partial charge in [0.15, 0.2) is 0 Å². The zero-order valence-corrected chi connectivity index (χ0v) is 14.0. The van der Waals surface area contributed by atoms with Crippen LogP contribution in [0.25, 0.3) is 0 Å². The van der Waals surface area contributed by atoms with Crippen molar-refractivity contribution < 1.29 is 4.74 Å². The molecule has 0 aliphatic rings. The molecule has 116 valence electrons. The van der Waals surface area contributed by atoms with Gasteiger partial charge >= 0.3 is 0 Å². The minimum Gasteiger partial charge on any atom is -0.481 e. The standard InChI is InChI=1S/C18H22N2OS/c1-4-11-21-17-8-6-5-7-15(17)12-19-10-9-16-13-22-18(20-16)14(2)3/h1,5-8,13-14,19H,9-12H2,2-3H3. The molecule has 0 saturated carbocycles. The van der Waals surface area contributed by atoms with Crippen molar-refractivity contribution in [2.45, 2.75) is 32.7 Å². The summed E-state index contributed by atoms with van der Waals surface area (Å²) in [5.41, 5.74) is 2.29. The minimum atomic E-state index is 0.299. The molecule has 0 aliphatic heterocycles. The van der Waals surface area contributed by atoms with Gasteiger partial charge in [-0.3, -0.25) is 0 Å². The monoisotopic (exact) mass is 314 g/mol. The molecule has 3 nitrogen and oxygen atoms in total. The Morgan fingerprint density at radius 2 is 2.18 bits per heavy atom. The molecule has 1 N–H and O–H groups in total. The lowest BCUT2D eigenvalue weighted by atomic mass is 10.2. The first-order valence-electron chi connectivity index (χ1n) is 7.50. The molecule has 0 spiro atoms. The van der Waals surface area contributed by atoms with Crippen molar-refractivity contribution in [2.24, 2.45) is 0 Å². The van der Waals surface area contributed by atoms with Crippen molar-refractivity contribution in [2.75, 3.05) is 13.2 Å². The van der Waals surface area contributed by atoms with Crippen LogP contribution >= 0.6 is 11.3 Å². The van der Waals surface area contributed by atoms with Gasteiger partial charge in [-0.1, -0.05) is 38.0 Å². The van der Waals surface area contributed by atoms with Gasteiger partial charge in [0.1, 0.15) is 12.4 Å². The molecule has 22 heavy (non-hydrogen) atoms. The Hall–Kier alpha value is -1.83. The summed E-state index contributed by atoms with van der Waals surface area (Å²) in [4.78, 5) is 4.64. The van der Waals surface area contributed by atoms with Crippen molar-refractivity contribution in [3.05, 3.63) is 45.9 Å². The number of hydrogen-bond donors (Lipinski definition) is 1. The molecular weight excluding hydrogens is 292 g/mol. The molecule has 1 aromatic carbocycles. The van der Waals surface area contributed by atoms with E-state index in [1.54, 1.807) is 11.3 Å². The van der Waals surface area contributed by atoms with Crippen LogP contribution in [-0.2, 0) is 13.0 Å². The van der Waals surface area contributed by atoms with Gasteiger partial charge < -0.3 is 10.1 Å². The summed E-state index contributed by atoms with van der Waals surface area (Å²) >= 11 is 1.75. The van der Waals surface area contributed by atoms with Crippen LogP contribution in [0.3, 0.4) is 0 Å². The second-order valence-electron chi connectivity index (χ2n) is 5.36. The van der Waals surface area contributed by atoms with Crippen LogP contribution < -0.4 is 10.1 Å². The SMILES string of the molecule is C#CCOc1ccccc1CNCCc1csc(C(C)C)n1. The van der Waals surface area contributed by atoms with E-state index in [1.165, 1.54) is 5.01 Å². The number of ether oxygens (including phenoxy) is 1. The molecule has 0 amide bonds. The van der Waals surface area contributed by atoms with E-state index < -0.39 is 0 Å². The number of hydrogen-bond acceptors (Lipinski definition) is 4. The molecule has 0 radical (unpaired) electrons. The fourth-order valence-corrected chi connectivity index (χ4v) is 2.92. The fourth-order valence-electron chi connectivity index (χ4n) is 2.05. The average Bonchev–Trinajstić information content (AvgIpc) is 2.99. The minimum absolute atomic E-state index is 0.299. The van der Waals surface area contributed by atoms with E-state index in [0.29, 0.717) is 12.5 Å². The number of terminal acetylenes is 1.